The first-order valence-corrected chi connectivity index (χ1v) is 5.06. The topological polar surface area (TPSA) is 63.3 Å². The van der Waals surface area contributed by atoms with E-state index in [-0.39, 0.29) is 0 Å². The Bertz CT molecular complexity index is 345. The monoisotopic (exact) mass is 207 g/mol. The summed E-state index contributed by atoms with van der Waals surface area (Å²) in [4.78, 5) is 11.0. The molecule has 0 aliphatic heterocycles. The van der Waals surface area contributed by atoms with E-state index in [2.05, 4.69) is 0 Å². The van der Waals surface area contributed by atoms with Crippen LogP contribution in [0.5, 0.6) is 0 Å². The van der Waals surface area contributed by atoms with E-state index in [1.807, 2.05) is 31.2 Å². The quantitative estimate of drug-likeness (QED) is 0.790. The molecule has 0 aromatic heterocycles. The van der Waals surface area contributed by atoms with Gasteiger partial charge in [0.15, 0.2) is 0 Å². The van der Waals surface area contributed by atoms with Crippen LogP contribution in [0.2, 0.25) is 0 Å². The third-order valence-electron chi connectivity index (χ3n) is 2.70. The van der Waals surface area contributed by atoms with Crippen LogP contribution in [-0.4, -0.2) is 16.6 Å². The molecule has 0 amide bonds. The third kappa shape index (κ3) is 2.80. The average Bonchev–Trinajstić information content (AvgIpc) is 2.21. The lowest BCUT2D eigenvalue weighted by molar-refractivity contribution is -0.143. The van der Waals surface area contributed by atoms with Crippen LogP contribution in [-0.2, 0) is 11.2 Å². The number of carboxylic acid groups (broad SMARTS) is 1. The van der Waals surface area contributed by atoms with Crippen molar-refractivity contribution in [2.45, 2.75) is 32.2 Å². The van der Waals surface area contributed by atoms with Crippen molar-refractivity contribution >= 4 is 5.97 Å². The van der Waals surface area contributed by atoms with Gasteiger partial charge in [0.2, 0.25) is 0 Å². The molecule has 1 rings (SSSR count). The summed E-state index contributed by atoms with van der Waals surface area (Å²) in [6.45, 7) is 3.79. The second-order valence-corrected chi connectivity index (χ2v) is 3.98. The Morgan fingerprint density at radius 2 is 1.93 bits per heavy atom. The van der Waals surface area contributed by atoms with Crippen molar-refractivity contribution < 1.29 is 9.90 Å². The molecule has 0 bridgehead atoms. The fraction of sp³-hybridized carbons (Fsp3) is 0.417. The van der Waals surface area contributed by atoms with Gasteiger partial charge in [-0.2, -0.15) is 0 Å². The van der Waals surface area contributed by atoms with E-state index in [4.69, 9.17) is 10.8 Å². The minimum Gasteiger partial charge on any atom is -0.480 e. The Morgan fingerprint density at radius 1 is 1.40 bits per heavy atom. The molecule has 3 heteroatoms. The first kappa shape index (κ1) is 11.7. The summed E-state index contributed by atoms with van der Waals surface area (Å²) in [6.07, 6.45) is 0.801. The number of nitrogens with two attached hydrogens (primary N) is 1. The Balaban J connectivity index is 2.84. The van der Waals surface area contributed by atoms with Gasteiger partial charge in [0.05, 0.1) is 0 Å². The Morgan fingerprint density at radius 3 is 2.33 bits per heavy atom. The molecule has 0 aliphatic carbocycles. The van der Waals surface area contributed by atoms with Gasteiger partial charge in [0.25, 0.3) is 0 Å². The number of aliphatic carboxylic acids is 1. The van der Waals surface area contributed by atoms with Crippen LogP contribution in [0.1, 0.15) is 24.5 Å². The van der Waals surface area contributed by atoms with Crippen LogP contribution in [0.4, 0.5) is 0 Å². The summed E-state index contributed by atoms with van der Waals surface area (Å²) in [5, 5.41) is 9.02. The van der Waals surface area contributed by atoms with Gasteiger partial charge in [-0.25, -0.2) is 0 Å². The lowest BCUT2D eigenvalue weighted by Gasteiger charge is -2.22. The fourth-order valence-electron chi connectivity index (χ4n) is 1.42. The normalized spacial score (nSPS) is 14.6. The molecule has 3 nitrogen and oxygen atoms in total. The molecular formula is C12H17NO2. The maximum Gasteiger partial charge on any atom is 0.324 e. The summed E-state index contributed by atoms with van der Waals surface area (Å²) in [5.74, 6) is -0.939. The van der Waals surface area contributed by atoms with Crippen LogP contribution >= 0.6 is 0 Å². The summed E-state index contributed by atoms with van der Waals surface area (Å²) >= 11 is 0. The van der Waals surface area contributed by atoms with E-state index in [9.17, 15) is 4.79 Å². The molecule has 1 unspecified atom stereocenters. The second kappa shape index (κ2) is 4.45. The van der Waals surface area contributed by atoms with E-state index < -0.39 is 11.5 Å². The van der Waals surface area contributed by atoms with Crippen LogP contribution in [0, 0.1) is 6.92 Å². The van der Waals surface area contributed by atoms with E-state index in [1.54, 1.807) is 6.92 Å². The van der Waals surface area contributed by atoms with Gasteiger partial charge >= 0.3 is 5.97 Å². The molecule has 0 saturated carbocycles. The first-order valence-electron chi connectivity index (χ1n) is 5.06. The number of hydrogen-bond acceptors (Lipinski definition) is 2. The van der Waals surface area contributed by atoms with Crippen molar-refractivity contribution in [2.24, 2.45) is 5.73 Å². The van der Waals surface area contributed by atoms with Crippen LogP contribution in [0.25, 0.3) is 0 Å². The number of benzene rings is 1. The molecule has 1 aromatic carbocycles. The van der Waals surface area contributed by atoms with Gasteiger partial charge in [0.1, 0.15) is 5.54 Å². The molecule has 1 aromatic rings. The van der Waals surface area contributed by atoms with Crippen molar-refractivity contribution in [2.75, 3.05) is 0 Å². The number of hydrogen-bond donors (Lipinski definition) is 2. The molecule has 0 heterocycles. The zero-order valence-corrected chi connectivity index (χ0v) is 9.16. The summed E-state index contributed by atoms with van der Waals surface area (Å²) in [6, 6.07) is 7.78. The van der Waals surface area contributed by atoms with Gasteiger partial charge in [-0.05, 0) is 18.9 Å². The van der Waals surface area contributed by atoms with Gasteiger partial charge < -0.3 is 10.8 Å². The Hall–Kier alpha value is -1.35. The molecule has 0 saturated heterocycles. The molecule has 1 atom stereocenters. The zero-order valence-electron chi connectivity index (χ0n) is 9.16. The maximum atomic E-state index is 11.0. The highest BCUT2D eigenvalue weighted by atomic mass is 16.4. The second-order valence-electron chi connectivity index (χ2n) is 3.98. The van der Waals surface area contributed by atoms with E-state index in [0.29, 0.717) is 12.8 Å². The van der Waals surface area contributed by atoms with Gasteiger partial charge in [-0.1, -0.05) is 36.8 Å². The van der Waals surface area contributed by atoms with Crippen LogP contribution in [0.3, 0.4) is 0 Å². The standard InChI is InChI=1S/C12H17NO2/c1-3-12(13,11(14)15)8-10-6-4-9(2)5-7-10/h4-7H,3,8,13H2,1-2H3,(H,14,15). The summed E-state index contributed by atoms with van der Waals surface area (Å²) in [7, 11) is 0. The minimum atomic E-state index is -1.14. The molecule has 82 valence electrons. The molecule has 0 radical (unpaired) electrons. The lowest BCUT2D eigenvalue weighted by Crippen LogP contribution is -2.49. The van der Waals surface area contributed by atoms with E-state index in [1.165, 1.54) is 0 Å². The molecule has 0 fully saturated rings. The van der Waals surface area contributed by atoms with Gasteiger partial charge in [-0.3, -0.25) is 4.79 Å². The van der Waals surface area contributed by atoms with Crippen molar-refractivity contribution in [1.29, 1.82) is 0 Å². The van der Waals surface area contributed by atoms with Crippen molar-refractivity contribution in [1.82, 2.24) is 0 Å². The van der Waals surface area contributed by atoms with E-state index >= 15 is 0 Å². The summed E-state index contributed by atoms with van der Waals surface area (Å²) < 4.78 is 0. The van der Waals surface area contributed by atoms with Gasteiger partial charge in [0, 0.05) is 6.42 Å². The highest BCUT2D eigenvalue weighted by molar-refractivity contribution is 5.78. The largest absolute Gasteiger partial charge is 0.480 e. The Kier molecular flexibility index (Phi) is 3.48. The van der Waals surface area contributed by atoms with E-state index in [0.717, 1.165) is 11.1 Å². The van der Waals surface area contributed by atoms with Crippen LogP contribution in [0.15, 0.2) is 24.3 Å². The maximum absolute atomic E-state index is 11.0. The minimum absolute atomic E-state index is 0.374. The summed E-state index contributed by atoms with van der Waals surface area (Å²) in [5.41, 5.74) is 6.79. The highest BCUT2D eigenvalue weighted by Gasteiger charge is 2.31. The lowest BCUT2D eigenvalue weighted by atomic mass is 9.89. The van der Waals surface area contributed by atoms with Crippen molar-refractivity contribution in [3.63, 3.8) is 0 Å². The van der Waals surface area contributed by atoms with Crippen LogP contribution < -0.4 is 5.73 Å². The molecular weight excluding hydrogens is 190 g/mol. The smallest absolute Gasteiger partial charge is 0.324 e. The molecule has 3 N–H and O–H groups in total. The number of carboxylic acids is 1. The third-order valence-corrected chi connectivity index (χ3v) is 2.70. The number of aryl methyl sites for hydroxylation is 1. The van der Waals surface area contributed by atoms with Gasteiger partial charge in [-0.15, -0.1) is 0 Å². The van der Waals surface area contributed by atoms with Crippen molar-refractivity contribution in [3.8, 4) is 0 Å². The predicted octanol–water partition coefficient (Wildman–Crippen LogP) is 1.73. The Labute approximate surface area is 89.9 Å². The molecule has 0 spiro atoms. The molecule has 15 heavy (non-hydrogen) atoms. The number of carbonyl (C=O) groups is 1. The first-order chi connectivity index (χ1) is 6.98. The average molecular weight is 207 g/mol. The SMILES string of the molecule is CCC(N)(Cc1ccc(C)cc1)C(=O)O. The fourth-order valence-corrected chi connectivity index (χ4v) is 1.42. The molecule has 0 aliphatic rings. The predicted molar refractivity (Wildman–Crippen MR) is 59.7 cm³/mol. The number of rotatable bonds is 4. The zero-order chi connectivity index (χ0) is 11.5. The van der Waals surface area contributed by atoms with Crippen molar-refractivity contribution in [3.05, 3.63) is 35.4 Å². The highest BCUT2D eigenvalue weighted by Crippen LogP contribution is 2.15.